The molecule has 0 radical (unpaired) electrons. The highest BCUT2D eigenvalue weighted by molar-refractivity contribution is 7.99. The van der Waals surface area contributed by atoms with Crippen LogP contribution in [0.15, 0.2) is 0 Å². The van der Waals surface area contributed by atoms with Gasteiger partial charge in [0.2, 0.25) is 0 Å². The molecule has 0 aromatic carbocycles. The van der Waals surface area contributed by atoms with Crippen molar-refractivity contribution >= 4 is 11.8 Å². The lowest BCUT2D eigenvalue weighted by atomic mass is 9.85. The Morgan fingerprint density at radius 2 is 0.745 bits per heavy atom. The molecule has 4 aliphatic rings. The van der Waals surface area contributed by atoms with Gasteiger partial charge in [-0.25, -0.2) is 0 Å². The Morgan fingerprint density at radius 3 is 1.11 bits per heavy atom. The minimum Gasteiger partial charge on any atom is -0.378 e. The average molecular weight is 679 g/mol. The molecule has 4 fully saturated rings. The van der Waals surface area contributed by atoms with Gasteiger partial charge in [0.25, 0.3) is 0 Å². The Hall–Kier alpha value is 0.190. The fourth-order valence-corrected chi connectivity index (χ4v) is 9.96. The number of ether oxygens (including phenoxy) is 4. The first-order valence-electron chi connectivity index (χ1n) is 21.4. The van der Waals surface area contributed by atoms with Crippen molar-refractivity contribution in [2.45, 2.75) is 217 Å². The van der Waals surface area contributed by atoms with E-state index in [1.165, 1.54) is 204 Å². The van der Waals surface area contributed by atoms with Crippen molar-refractivity contribution in [1.29, 1.82) is 0 Å². The normalized spacial score (nSPS) is 27.1. The van der Waals surface area contributed by atoms with Gasteiger partial charge in [0.05, 0.1) is 24.4 Å². The standard InChI is InChI=1S/C42H78O4S/c1(3-7-11-23-37(41-27-15-19-31-45-41)35-39-25-13-17-29-43-39)5-9-21-33-47-34-22-10-6-2-4-8-12-24-38(42-28-16-20-32-46-42)36-40-26-14-18-30-44-40/h37-42H,1-36H2. The van der Waals surface area contributed by atoms with Crippen LogP contribution in [0.1, 0.15) is 193 Å². The number of hydrogen-bond acceptors (Lipinski definition) is 5. The monoisotopic (exact) mass is 679 g/mol. The van der Waals surface area contributed by atoms with Gasteiger partial charge in [0.1, 0.15) is 0 Å². The van der Waals surface area contributed by atoms with Crippen molar-refractivity contribution in [2.24, 2.45) is 11.8 Å². The first-order chi connectivity index (χ1) is 23.4. The molecule has 4 nitrogen and oxygen atoms in total. The first kappa shape index (κ1) is 40.0. The van der Waals surface area contributed by atoms with Crippen LogP contribution in [0, 0.1) is 11.8 Å². The largest absolute Gasteiger partial charge is 0.378 e. The second-order valence-corrected chi connectivity index (χ2v) is 17.1. The molecule has 0 amide bonds. The van der Waals surface area contributed by atoms with Crippen molar-refractivity contribution in [2.75, 3.05) is 37.9 Å². The topological polar surface area (TPSA) is 36.9 Å². The molecule has 4 rings (SSSR count). The fourth-order valence-electron chi connectivity index (χ4n) is 8.94. The molecule has 6 atom stereocenters. The summed E-state index contributed by atoms with van der Waals surface area (Å²) in [5.74, 6) is 4.22. The quantitative estimate of drug-likeness (QED) is 0.0851. The van der Waals surface area contributed by atoms with E-state index in [4.69, 9.17) is 18.9 Å². The maximum Gasteiger partial charge on any atom is 0.0604 e. The maximum atomic E-state index is 6.25. The Kier molecular flexibility index (Phi) is 22.9. The second-order valence-electron chi connectivity index (χ2n) is 15.9. The molecular formula is C42H78O4S. The SMILES string of the molecule is C(CCCCSCCCCCCCCCC(CC1CCCCO1)C1CCCCO1)CCCCC(CC1CCCCO1)C1CCCCO1. The van der Waals surface area contributed by atoms with E-state index in [1.807, 2.05) is 0 Å². The molecule has 4 heterocycles. The molecule has 0 saturated carbocycles. The maximum absolute atomic E-state index is 6.25. The van der Waals surface area contributed by atoms with Crippen LogP contribution in [0.2, 0.25) is 0 Å². The second kappa shape index (κ2) is 26.9. The van der Waals surface area contributed by atoms with Crippen LogP contribution >= 0.6 is 11.8 Å². The van der Waals surface area contributed by atoms with Crippen LogP contribution in [0.25, 0.3) is 0 Å². The first-order valence-corrected chi connectivity index (χ1v) is 22.6. The van der Waals surface area contributed by atoms with E-state index in [0.717, 1.165) is 38.3 Å². The van der Waals surface area contributed by atoms with Crippen LogP contribution in [0.5, 0.6) is 0 Å². The molecule has 47 heavy (non-hydrogen) atoms. The zero-order valence-electron chi connectivity index (χ0n) is 31.0. The Balaban J connectivity index is 0.892. The van der Waals surface area contributed by atoms with E-state index in [0.29, 0.717) is 24.4 Å². The highest BCUT2D eigenvalue weighted by atomic mass is 32.2. The molecule has 0 bridgehead atoms. The lowest BCUT2D eigenvalue weighted by molar-refractivity contribution is -0.0560. The summed E-state index contributed by atoms with van der Waals surface area (Å²) < 4.78 is 24.7. The van der Waals surface area contributed by atoms with Crippen molar-refractivity contribution in [1.82, 2.24) is 0 Å². The molecule has 0 N–H and O–H groups in total. The summed E-state index contributed by atoms with van der Waals surface area (Å²) in [5.41, 5.74) is 0. The van der Waals surface area contributed by atoms with Gasteiger partial charge in [-0.15, -0.1) is 0 Å². The molecule has 276 valence electrons. The van der Waals surface area contributed by atoms with Crippen LogP contribution in [0.3, 0.4) is 0 Å². The third-order valence-corrected chi connectivity index (χ3v) is 13.0. The van der Waals surface area contributed by atoms with Gasteiger partial charge in [0, 0.05) is 26.4 Å². The Bertz CT molecular complexity index is 639. The number of hydrogen-bond donors (Lipinski definition) is 0. The Morgan fingerprint density at radius 1 is 0.383 bits per heavy atom. The van der Waals surface area contributed by atoms with Gasteiger partial charge in [-0.2, -0.15) is 11.8 Å². The lowest BCUT2D eigenvalue weighted by Gasteiger charge is -2.34. The molecule has 4 aliphatic heterocycles. The summed E-state index contributed by atoms with van der Waals surface area (Å²) in [6.45, 7) is 3.94. The molecule has 0 spiro atoms. The highest BCUT2D eigenvalue weighted by Crippen LogP contribution is 2.33. The Labute approximate surface area is 296 Å². The summed E-state index contributed by atoms with van der Waals surface area (Å²) in [7, 11) is 0. The molecule has 0 aromatic rings. The molecular weight excluding hydrogens is 601 g/mol. The number of thioether (sulfide) groups is 1. The van der Waals surface area contributed by atoms with Gasteiger partial charge in [-0.05, 0) is 139 Å². The van der Waals surface area contributed by atoms with E-state index in [9.17, 15) is 0 Å². The van der Waals surface area contributed by atoms with Gasteiger partial charge >= 0.3 is 0 Å². The summed E-state index contributed by atoms with van der Waals surface area (Å²) in [5, 5.41) is 0. The molecule has 5 heteroatoms. The highest BCUT2D eigenvalue weighted by Gasteiger charge is 2.29. The van der Waals surface area contributed by atoms with Gasteiger partial charge < -0.3 is 18.9 Å². The zero-order chi connectivity index (χ0) is 32.5. The predicted octanol–water partition coefficient (Wildman–Crippen LogP) is 12.3. The zero-order valence-corrected chi connectivity index (χ0v) is 31.8. The van der Waals surface area contributed by atoms with Gasteiger partial charge in [0.15, 0.2) is 0 Å². The van der Waals surface area contributed by atoms with E-state index in [1.54, 1.807) is 0 Å². The van der Waals surface area contributed by atoms with Gasteiger partial charge in [-0.1, -0.05) is 77.0 Å². The minimum atomic E-state index is 0.504. The third kappa shape index (κ3) is 18.3. The predicted molar refractivity (Wildman–Crippen MR) is 202 cm³/mol. The van der Waals surface area contributed by atoms with E-state index in [-0.39, 0.29) is 0 Å². The van der Waals surface area contributed by atoms with E-state index < -0.39 is 0 Å². The smallest absolute Gasteiger partial charge is 0.0604 e. The fraction of sp³-hybridized carbons (Fsp3) is 1.00. The van der Waals surface area contributed by atoms with Crippen LogP contribution < -0.4 is 0 Å². The van der Waals surface area contributed by atoms with Crippen molar-refractivity contribution in [3.8, 4) is 0 Å². The summed E-state index contributed by atoms with van der Waals surface area (Å²) in [6, 6.07) is 0. The summed E-state index contributed by atoms with van der Waals surface area (Å²) >= 11 is 2.21. The van der Waals surface area contributed by atoms with Crippen LogP contribution in [-0.2, 0) is 18.9 Å². The minimum absolute atomic E-state index is 0.504. The molecule has 0 aromatic heterocycles. The molecule has 4 saturated heterocycles. The summed E-state index contributed by atoms with van der Waals surface area (Å²) in [6.07, 6.45) is 42.7. The van der Waals surface area contributed by atoms with Crippen LogP contribution in [0.4, 0.5) is 0 Å². The lowest BCUT2D eigenvalue weighted by Crippen LogP contribution is -2.32. The van der Waals surface area contributed by atoms with Crippen LogP contribution in [-0.4, -0.2) is 62.3 Å². The van der Waals surface area contributed by atoms with E-state index >= 15 is 0 Å². The third-order valence-electron chi connectivity index (χ3n) is 11.9. The van der Waals surface area contributed by atoms with E-state index in [2.05, 4.69) is 11.8 Å². The van der Waals surface area contributed by atoms with Crippen molar-refractivity contribution in [3.63, 3.8) is 0 Å². The van der Waals surface area contributed by atoms with Crippen molar-refractivity contribution < 1.29 is 18.9 Å². The number of unbranched alkanes of at least 4 members (excludes halogenated alkanes) is 12. The molecule has 6 unspecified atom stereocenters. The van der Waals surface area contributed by atoms with Gasteiger partial charge in [-0.3, -0.25) is 0 Å². The summed E-state index contributed by atoms with van der Waals surface area (Å²) in [4.78, 5) is 0. The van der Waals surface area contributed by atoms with Crippen molar-refractivity contribution in [3.05, 3.63) is 0 Å². The average Bonchev–Trinajstić information content (AvgIpc) is 3.13. The number of rotatable bonds is 26. The molecule has 0 aliphatic carbocycles.